The third kappa shape index (κ3) is 4.16. The van der Waals surface area contributed by atoms with E-state index >= 15 is 0 Å². The Bertz CT molecular complexity index is 436. The maximum absolute atomic E-state index is 11.7. The molecule has 2 rings (SSSR count). The van der Waals surface area contributed by atoms with Crippen molar-refractivity contribution < 1.29 is 19.7 Å². The smallest absolute Gasteiger partial charge is 0.306 e. The number of phenolic OH excluding ortho intramolecular Hbond substituents is 2. The molecule has 0 aromatic heterocycles. The molecule has 4 nitrogen and oxygen atoms in total. The van der Waals surface area contributed by atoms with Crippen LogP contribution < -0.4 is 0 Å². The van der Waals surface area contributed by atoms with Crippen LogP contribution in [0.2, 0.25) is 0 Å². The van der Waals surface area contributed by atoms with Gasteiger partial charge in [-0.15, -0.1) is 0 Å². The van der Waals surface area contributed by atoms with Crippen LogP contribution in [-0.2, 0) is 16.0 Å². The van der Waals surface area contributed by atoms with E-state index in [4.69, 9.17) is 4.74 Å². The molecule has 0 radical (unpaired) electrons. The second-order valence-electron chi connectivity index (χ2n) is 5.06. The molecule has 0 spiro atoms. The number of carbonyl (C=O) groups excluding carboxylic acids is 1. The molecule has 0 atom stereocenters. The molecule has 0 amide bonds. The first-order valence-electron chi connectivity index (χ1n) is 6.85. The maximum atomic E-state index is 11.7. The summed E-state index contributed by atoms with van der Waals surface area (Å²) in [6.45, 7) is 0. The Kier molecular flexibility index (Phi) is 4.66. The van der Waals surface area contributed by atoms with Crippen LogP contribution in [0.4, 0.5) is 0 Å². The first-order valence-corrected chi connectivity index (χ1v) is 6.85. The fourth-order valence-corrected chi connectivity index (χ4v) is 2.43. The van der Waals surface area contributed by atoms with Gasteiger partial charge in [0, 0.05) is 12.5 Å². The van der Waals surface area contributed by atoms with Crippen molar-refractivity contribution in [2.45, 2.75) is 51.0 Å². The van der Waals surface area contributed by atoms with Gasteiger partial charge in [0.1, 0.15) is 17.6 Å². The van der Waals surface area contributed by atoms with E-state index in [0.717, 1.165) is 25.7 Å². The van der Waals surface area contributed by atoms with Gasteiger partial charge in [-0.1, -0.05) is 12.5 Å². The van der Waals surface area contributed by atoms with Crippen molar-refractivity contribution in [2.75, 3.05) is 0 Å². The largest absolute Gasteiger partial charge is 0.508 e. The van der Waals surface area contributed by atoms with Crippen LogP contribution in [0.1, 0.15) is 44.1 Å². The number of ether oxygens (including phenoxy) is 1. The molecule has 1 saturated carbocycles. The minimum atomic E-state index is -0.209. The predicted octanol–water partition coefficient (Wildman–Crippen LogP) is 2.91. The third-order valence-electron chi connectivity index (χ3n) is 3.52. The molecule has 1 aromatic carbocycles. The predicted molar refractivity (Wildman–Crippen MR) is 71.1 cm³/mol. The Morgan fingerprint density at radius 2 is 1.95 bits per heavy atom. The summed E-state index contributed by atoms with van der Waals surface area (Å²) in [6.07, 6.45) is 6.21. The zero-order valence-corrected chi connectivity index (χ0v) is 11.0. The summed E-state index contributed by atoms with van der Waals surface area (Å²) < 4.78 is 5.41. The van der Waals surface area contributed by atoms with Crippen LogP contribution in [0.3, 0.4) is 0 Å². The number of aryl methyl sites for hydroxylation is 1. The Morgan fingerprint density at radius 1 is 1.21 bits per heavy atom. The first kappa shape index (κ1) is 13.7. The van der Waals surface area contributed by atoms with Crippen molar-refractivity contribution in [1.29, 1.82) is 0 Å². The number of carbonyl (C=O) groups is 1. The van der Waals surface area contributed by atoms with Crippen molar-refractivity contribution in [3.8, 4) is 11.5 Å². The molecule has 0 heterocycles. The molecule has 0 aliphatic heterocycles. The van der Waals surface area contributed by atoms with Crippen LogP contribution >= 0.6 is 0 Å². The van der Waals surface area contributed by atoms with E-state index in [1.54, 1.807) is 6.07 Å². The average Bonchev–Trinajstić information content (AvgIpc) is 2.39. The fourth-order valence-electron chi connectivity index (χ4n) is 2.43. The number of rotatable bonds is 4. The summed E-state index contributed by atoms with van der Waals surface area (Å²) in [7, 11) is 0. The lowest BCUT2D eigenvalue weighted by Gasteiger charge is -2.21. The van der Waals surface area contributed by atoms with Gasteiger partial charge >= 0.3 is 5.97 Å². The second-order valence-corrected chi connectivity index (χ2v) is 5.06. The monoisotopic (exact) mass is 264 g/mol. The Balaban J connectivity index is 1.79. The summed E-state index contributed by atoms with van der Waals surface area (Å²) in [6, 6.07) is 4.40. The molecule has 0 bridgehead atoms. The highest BCUT2D eigenvalue weighted by molar-refractivity contribution is 5.70. The number of aromatic hydroxyl groups is 2. The number of hydrogen-bond donors (Lipinski definition) is 2. The molecule has 1 aliphatic carbocycles. The van der Waals surface area contributed by atoms with Crippen molar-refractivity contribution >= 4 is 5.97 Å². The summed E-state index contributed by atoms with van der Waals surface area (Å²) in [5, 5.41) is 18.8. The van der Waals surface area contributed by atoms with Crippen molar-refractivity contribution in [3.63, 3.8) is 0 Å². The van der Waals surface area contributed by atoms with Gasteiger partial charge in [0.05, 0.1) is 0 Å². The van der Waals surface area contributed by atoms with Gasteiger partial charge < -0.3 is 14.9 Å². The number of phenols is 2. The van der Waals surface area contributed by atoms with E-state index in [1.165, 1.54) is 18.6 Å². The molecule has 0 unspecified atom stereocenters. The number of hydrogen-bond acceptors (Lipinski definition) is 4. The van der Waals surface area contributed by atoms with Crippen LogP contribution in [0, 0.1) is 0 Å². The highest BCUT2D eigenvalue weighted by atomic mass is 16.5. The molecule has 4 heteroatoms. The van der Waals surface area contributed by atoms with Gasteiger partial charge in [0.2, 0.25) is 0 Å². The highest BCUT2D eigenvalue weighted by Gasteiger charge is 2.17. The topological polar surface area (TPSA) is 66.8 Å². The Labute approximate surface area is 113 Å². The van der Waals surface area contributed by atoms with Crippen LogP contribution in [0.25, 0.3) is 0 Å². The summed E-state index contributed by atoms with van der Waals surface area (Å²) >= 11 is 0. The van der Waals surface area contributed by atoms with E-state index in [2.05, 4.69) is 0 Å². The highest BCUT2D eigenvalue weighted by Crippen LogP contribution is 2.24. The summed E-state index contributed by atoms with van der Waals surface area (Å²) in [4.78, 5) is 11.7. The summed E-state index contributed by atoms with van der Waals surface area (Å²) in [5.74, 6) is -0.170. The molecule has 104 valence electrons. The first-order chi connectivity index (χ1) is 9.15. The van der Waals surface area contributed by atoms with Crippen LogP contribution in [0.15, 0.2) is 18.2 Å². The molecular formula is C15H20O4. The lowest BCUT2D eigenvalue weighted by Crippen LogP contribution is -2.21. The van der Waals surface area contributed by atoms with Gasteiger partial charge in [0.15, 0.2) is 0 Å². The third-order valence-corrected chi connectivity index (χ3v) is 3.52. The van der Waals surface area contributed by atoms with Crippen LogP contribution in [0.5, 0.6) is 11.5 Å². The average molecular weight is 264 g/mol. The van der Waals surface area contributed by atoms with E-state index in [1.807, 2.05) is 0 Å². The van der Waals surface area contributed by atoms with E-state index in [0.29, 0.717) is 12.0 Å². The maximum Gasteiger partial charge on any atom is 0.306 e. The molecule has 1 fully saturated rings. The zero-order valence-electron chi connectivity index (χ0n) is 11.0. The van der Waals surface area contributed by atoms with E-state index < -0.39 is 0 Å². The molecule has 1 aromatic rings. The Morgan fingerprint density at radius 3 is 2.63 bits per heavy atom. The SMILES string of the molecule is O=C(CCc1ccc(O)cc1O)OC1CCCCC1. The number of benzene rings is 1. The lowest BCUT2D eigenvalue weighted by molar-refractivity contribution is -0.150. The van der Waals surface area contributed by atoms with Crippen molar-refractivity contribution in [1.82, 2.24) is 0 Å². The quantitative estimate of drug-likeness (QED) is 0.821. The van der Waals surface area contributed by atoms with Gasteiger partial charge in [-0.3, -0.25) is 4.79 Å². The van der Waals surface area contributed by atoms with E-state index in [9.17, 15) is 15.0 Å². The Hall–Kier alpha value is -1.71. The van der Waals surface area contributed by atoms with Crippen molar-refractivity contribution in [3.05, 3.63) is 23.8 Å². The minimum absolute atomic E-state index is 0.0190. The second kappa shape index (κ2) is 6.45. The van der Waals surface area contributed by atoms with Crippen LogP contribution in [-0.4, -0.2) is 22.3 Å². The minimum Gasteiger partial charge on any atom is -0.508 e. The molecule has 19 heavy (non-hydrogen) atoms. The van der Waals surface area contributed by atoms with Gasteiger partial charge in [-0.05, 0) is 43.7 Å². The number of esters is 1. The lowest BCUT2D eigenvalue weighted by atomic mass is 9.98. The van der Waals surface area contributed by atoms with Gasteiger partial charge in [-0.25, -0.2) is 0 Å². The molecule has 2 N–H and O–H groups in total. The fraction of sp³-hybridized carbons (Fsp3) is 0.533. The molecule has 0 saturated heterocycles. The normalized spacial score (nSPS) is 16.2. The van der Waals surface area contributed by atoms with E-state index in [-0.39, 0.29) is 30.0 Å². The standard InChI is InChI=1S/C15H20O4/c16-12-8-6-11(14(17)10-12)7-9-15(18)19-13-4-2-1-3-5-13/h6,8,10,13,16-17H,1-5,7,9H2. The van der Waals surface area contributed by atoms with Gasteiger partial charge in [-0.2, -0.15) is 0 Å². The molecular weight excluding hydrogens is 244 g/mol. The summed E-state index contributed by atoms with van der Waals surface area (Å²) in [5.41, 5.74) is 0.651. The van der Waals surface area contributed by atoms with Crippen molar-refractivity contribution in [2.24, 2.45) is 0 Å². The zero-order chi connectivity index (χ0) is 13.7. The van der Waals surface area contributed by atoms with Gasteiger partial charge in [0.25, 0.3) is 0 Å². The molecule has 1 aliphatic rings.